The van der Waals surface area contributed by atoms with Crippen LogP contribution in [0.15, 0.2) is 0 Å². The van der Waals surface area contributed by atoms with E-state index in [0.717, 1.165) is 25.9 Å². The highest BCUT2D eigenvalue weighted by Crippen LogP contribution is 2.33. The van der Waals surface area contributed by atoms with E-state index in [-0.39, 0.29) is 18.2 Å². The van der Waals surface area contributed by atoms with Crippen LogP contribution >= 0.6 is 0 Å². The van der Waals surface area contributed by atoms with Gasteiger partial charge in [0.2, 0.25) is 0 Å². The number of morpholine rings is 1. The van der Waals surface area contributed by atoms with E-state index >= 15 is 0 Å². The molecule has 1 saturated carbocycles. The van der Waals surface area contributed by atoms with Gasteiger partial charge in [-0.3, -0.25) is 0 Å². The van der Waals surface area contributed by atoms with Crippen LogP contribution in [0.25, 0.3) is 0 Å². The number of rotatable bonds is 5. The summed E-state index contributed by atoms with van der Waals surface area (Å²) >= 11 is 0. The normalized spacial score (nSPS) is 35.5. The first-order valence-electron chi connectivity index (χ1n) is 7.97. The van der Waals surface area contributed by atoms with Crippen molar-refractivity contribution in [3.63, 3.8) is 0 Å². The van der Waals surface area contributed by atoms with Crippen molar-refractivity contribution in [1.82, 2.24) is 8.61 Å². The smallest absolute Gasteiger partial charge is 0.282 e. The van der Waals surface area contributed by atoms with Crippen LogP contribution in [0.1, 0.15) is 33.1 Å². The van der Waals surface area contributed by atoms with Crippen molar-refractivity contribution in [1.29, 1.82) is 0 Å². The molecule has 2 heterocycles. The van der Waals surface area contributed by atoms with E-state index in [1.165, 1.54) is 0 Å². The van der Waals surface area contributed by atoms with Crippen molar-refractivity contribution < 1.29 is 17.9 Å². The lowest BCUT2D eigenvalue weighted by Crippen LogP contribution is -2.54. The molecule has 7 heteroatoms. The molecule has 0 bridgehead atoms. The summed E-state index contributed by atoms with van der Waals surface area (Å²) in [6.45, 7) is 6.83. The molecule has 0 amide bonds. The number of ether oxygens (including phenoxy) is 2. The van der Waals surface area contributed by atoms with Crippen LogP contribution < -0.4 is 0 Å². The standard InChI is InChI=1S/C14H26N2O4S/c1-11-7-15(8-12(2)20-11)21(17,18)16(14-3-4-14)9-13-5-6-19-10-13/h11-14H,3-10H2,1-2H3/t11-,12+,13-/m0/s1. The highest BCUT2D eigenvalue weighted by molar-refractivity contribution is 7.86. The van der Waals surface area contributed by atoms with Crippen LogP contribution in [0.3, 0.4) is 0 Å². The summed E-state index contributed by atoms with van der Waals surface area (Å²) in [5.41, 5.74) is 0. The van der Waals surface area contributed by atoms with Crippen molar-refractivity contribution >= 4 is 10.2 Å². The minimum absolute atomic E-state index is 0.0422. The lowest BCUT2D eigenvalue weighted by Gasteiger charge is -2.38. The predicted molar refractivity (Wildman–Crippen MR) is 79.2 cm³/mol. The van der Waals surface area contributed by atoms with E-state index in [9.17, 15) is 8.42 Å². The molecule has 6 nitrogen and oxygen atoms in total. The SMILES string of the molecule is C[C@@H]1CN(S(=O)(=O)N(C[C@@H]2CCOC2)C2CC2)C[C@H](C)O1. The maximum absolute atomic E-state index is 13.0. The van der Waals surface area contributed by atoms with Gasteiger partial charge in [0.15, 0.2) is 0 Å². The molecule has 3 rings (SSSR count). The Kier molecular flexibility index (Phi) is 4.57. The molecule has 2 aliphatic heterocycles. The van der Waals surface area contributed by atoms with Crippen LogP contribution in [-0.2, 0) is 19.7 Å². The van der Waals surface area contributed by atoms with Gasteiger partial charge in [0.05, 0.1) is 18.8 Å². The average molecular weight is 318 g/mol. The van der Waals surface area contributed by atoms with Gasteiger partial charge in [0.25, 0.3) is 10.2 Å². The summed E-state index contributed by atoms with van der Waals surface area (Å²) in [6.07, 6.45) is 2.86. The van der Waals surface area contributed by atoms with E-state index in [4.69, 9.17) is 9.47 Å². The minimum Gasteiger partial charge on any atom is -0.381 e. The summed E-state index contributed by atoms with van der Waals surface area (Å²) in [5.74, 6) is 0.344. The fourth-order valence-electron chi connectivity index (χ4n) is 3.24. The third-order valence-corrected chi connectivity index (χ3v) is 6.42. The summed E-state index contributed by atoms with van der Waals surface area (Å²) in [5, 5.41) is 0. The number of hydrogen-bond donors (Lipinski definition) is 0. The highest BCUT2D eigenvalue weighted by atomic mass is 32.2. The molecule has 21 heavy (non-hydrogen) atoms. The van der Waals surface area contributed by atoms with Crippen molar-refractivity contribution in [3.8, 4) is 0 Å². The van der Waals surface area contributed by atoms with Gasteiger partial charge in [0.1, 0.15) is 0 Å². The van der Waals surface area contributed by atoms with Crippen LogP contribution in [-0.4, -0.2) is 68.1 Å². The molecule has 0 aromatic heterocycles. The molecule has 0 radical (unpaired) electrons. The van der Waals surface area contributed by atoms with Crippen molar-refractivity contribution in [2.75, 3.05) is 32.8 Å². The fraction of sp³-hybridized carbons (Fsp3) is 1.00. The summed E-state index contributed by atoms with van der Waals surface area (Å²) in [4.78, 5) is 0. The Morgan fingerprint density at radius 1 is 1.14 bits per heavy atom. The molecule has 0 aromatic carbocycles. The average Bonchev–Trinajstić information content (AvgIpc) is 3.11. The third-order valence-electron chi connectivity index (χ3n) is 4.43. The highest BCUT2D eigenvalue weighted by Gasteiger charge is 2.43. The second-order valence-corrected chi connectivity index (χ2v) is 8.49. The lowest BCUT2D eigenvalue weighted by molar-refractivity contribution is -0.0456. The first-order valence-corrected chi connectivity index (χ1v) is 9.36. The molecule has 3 atom stereocenters. The summed E-state index contributed by atoms with van der Waals surface area (Å²) in [6, 6.07) is 0.198. The van der Waals surface area contributed by atoms with Gasteiger partial charge in [-0.25, -0.2) is 0 Å². The van der Waals surface area contributed by atoms with Gasteiger partial charge in [-0.1, -0.05) is 0 Å². The van der Waals surface area contributed by atoms with E-state index in [1.54, 1.807) is 8.61 Å². The van der Waals surface area contributed by atoms with Crippen LogP contribution in [0, 0.1) is 5.92 Å². The molecule has 1 aliphatic carbocycles. The van der Waals surface area contributed by atoms with Gasteiger partial charge in [0, 0.05) is 32.3 Å². The van der Waals surface area contributed by atoms with Crippen LogP contribution in [0.5, 0.6) is 0 Å². The zero-order valence-corrected chi connectivity index (χ0v) is 13.7. The second-order valence-electron chi connectivity index (χ2n) is 6.61. The van der Waals surface area contributed by atoms with Crippen LogP contribution in [0.2, 0.25) is 0 Å². The first-order chi connectivity index (χ1) is 9.96. The molecule has 3 fully saturated rings. The topological polar surface area (TPSA) is 59.1 Å². The Hall–Kier alpha value is -0.210. The number of nitrogens with zero attached hydrogens (tertiary/aromatic N) is 2. The maximum Gasteiger partial charge on any atom is 0.282 e. The fourth-order valence-corrected chi connectivity index (χ4v) is 5.32. The third kappa shape index (κ3) is 3.59. The van der Waals surface area contributed by atoms with E-state index in [2.05, 4.69) is 0 Å². The van der Waals surface area contributed by atoms with Gasteiger partial charge in [-0.2, -0.15) is 17.0 Å². The second kappa shape index (κ2) is 6.12. The molecule has 0 unspecified atom stereocenters. The monoisotopic (exact) mass is 318 g/mol. The van der Waals surface area contributed by atoms with Gasteiger partial charge < -0.3 is 9.47 Å². The van der Waals surface area contributed by atoms with E-state index in [1.807, 2.05) is 13.8 Å². The molecule has 2 saturated heterocycles. The molecular formula is C14H26N2O4S. The maximum atomic E-state index is 13.0. The Balaban J connectivity index is 1.73. The van der Waals surface area contributed by atoms with Gasteiger partial charge in [-0.15, -0.1) is 0 Å². The molecule has 0 spiro atoms. The molecule has 122 valence electrons. The Morgan fingerprint density at radius 2 is 1.81 bits per heavy atom. The van der Waals surface area contributed by atoms with E-state index < -0.39 is 10.2 Å². The van der Waals surface area contributed by atoms with Crippen molar-refractivity contribution in [2.45, 2.75) is 51.4 Å². The quantitative estimate of drug-likeness (QED) is 0.754. The van der Waals surface area contributed by atoms with E-state index in [0.29, 0.717) is 32.2 Å². The molecule has 0 aromatic rings. The van der Waals surface area contributed by atoms with Crippen molar-refractivity contribution in [2.24, 2.45) is 5.92 Å². The minimum atomic E-state index is -3.38. The summed E-state index contributed by atoms with van der Waals surface area (Å²) in [7, 11) is -3.38. The first kappa shape index (κ1) is 15.7. The number of hydrogen-bond acceptors (Lipinski definition) is 4. The molecule has 0 N–H and O–H groups in total. The predicted octanol–water partition coefficient (Wildman–Crippen LogP) is 0.841. The lowest BCUT2D eigenvalue weighted by atomic mass is 10.1. The zero-order valence-electron chi connectivity index (χ0n) is 12.9. The van der Waals surface area contributed by atoms with Gasteiger partial charge in [-0.05, 0) is 39.0 Å². The zero-order chi connectivity index (χ0) is 15.0. The molecule has 3 aliphatic rings. The molecular weight excluding hydrogens is 292 g/mol. The van der Waals surface area contributed by atoms with Gasteiger partial charge >= 0.3 is 0 Å². The Bertz CT molecular complexity index is 450. The summed E-state index contributed by atoms with van der Waals surface area (Å²) < 4.78 is 40.4. The van der Waals surface area contributed by atoms with Crippen LogP contribution in [0.4, 0.5) is 0 Å². The Morgan fingerprint density at radius 3 is 2.33 bits per heavy atom. The van der Waals surface area contributed by atoms with Crippen molar-refractivity contribution in [3.05, 3.63) is 0 Å². The largest absolute Gasteiger partial charge is 0.381 e. The Labute approximate surface area is 127 Å².